The smallest absolute Gasteiger partial charge is 0.228 e. The number of aromatic nitrogens is 2. The predicted molar refractivity (Wildman–Crippen MR) is 74.1 cm³/mol. The van der Waals surface area contributed by atoms with Gasteiger partial charge >= 0.3 is 0 Å². The van der Waals surface area contributed by atoms with E-state index in [9.17, 15) is 4.79 Å². The summed E-state index contributed by atoms with van der Waals surface area (Å²) in [5.74, 6) is 1.77. The highest BCUT2D eigenvalue weighted by atomic mass is 16.2. The summed E-state index contributed by atoms with van der Waals surface area (Å²) in [6.45, 7) is 2.12. The van der Waals surface area contributed by atoms with Crippen LogP contribution in [0.2, 0.25) is 0 Å². The van der Waals surface area contributed by atoms with Crippen molar-refractivity contribution in [3.8, 4) is 0 Å². The van der Waals surface area contributed by atoms with Crippen LogP contribution in [0, 0.1) is 5.92 Å². The summed E-state index contributed by atoms with van der Waals surface area (Å²) in [7, 11) is 0. The first-order chi connectivity index (χ1) is 9.33. The molecule has 19 heavy (non-hydrogen) atoms. The molecule has 1 aromatic heterocycles. The number of rotatable bonds is 3. The van der Waals surface area contributed by atoms with Crippen LogP contribution in [0.3, 0.4) is 0 Å². The van der Waals surface area contributed by atoms with E-state index in [1.807, 2.05) is 12.1 Å². The monoisotopic (exact) mass is 260 g/mol. The van der Waals surface area contributed by atoms with E-state index in [0.29, 0.717) is 5.82 Å². The first kappa shape index (κ1) is 12.4. The summed E-state index contributed by atoms with van der Waals surface area (Å²) >= 11 is 0. The number of carbonyl (C=O) groups excluding carboxylic acids is 1. The van der Waals surface area contributed by atoms with Gasteiger partial charge in [-0.1, -0.05) is 12.8 Å². The minimum Gasteiger partial charge on any atom is -0.355 e. The van der Waals surface area contributed by atoms with Gasteiger partial charge in [-0.15, -0.1) is 10.2 Å². The fourth-order valence-corrected chi connectivity index (χ4v) is 2.43. The molecule has 1 saturated carbocycles. The highest BCUT2D eigenvalue weighted by Gasteiger charge is 2.29. The number of amides is 1. The van der Waals surface area contributed by atoms with E-state index in [4.69, 9.17) is 0 Å². The lowest BCUT2D eigenvalue weighted by atomic mass is 10.2. The van der Waals surface area contributed by atoms with E-state index in [2.05, 4.69) is 20.4 Å². The van der Waals surface area contributed by atoms with Gasteiger partial charge in [-0.3, -0.25) is 4.79 Å². The number of hydrogen-bond acceptors (Lipinski definition) is 4. The third-order valence-electron chi connectivity index (χ3n) is 3.78. The van der Waals surface area contributed by atoms with Crippen LogP contribution in [-0.2, 0) is 4.79 Å². The first-order valence-corrected chi connectivity index (χ1v) is 7.22. The zero-order chi connectivity index (χ0) is 13.1. The van der Waals surface area contributed by atoms with Crippen molar-refractivity contribution in [3.05, 3.63) is 12.1 Å². The lowest BCUT2D eigenvalue weighted by Crippen LogP contribution is -2.25. The third-order valence-corrected chi connectivity index (χ3v) is 3.78. The maximum atomic E-state index is 11.6. The summed E-state index contributed by atoms with van der Waals surface area (Å²) in [4.78, 5) is 13.9. The Morgan fingerprint density at radius 1 is 1.11 bits per heavy atom. The quantitative estimate of drug-likeness (QED) is 0.905. The highest BCUT2D eigenvalue weighted by molar-refractivity contribution is 5.93. The van der Waals surface area contributed by atoms with Gasteiger partial charge in [-0.25, -0.2) is 0 Å². The van der Waals surface area contributed by atoms with Crippen LogP contribution >= 0.6 is 0 Å². The second-order valence-electron chi connectivity index (χ2n) is 5.44. The Morgan fingerprint density at radius 2 is 1.84 bits per heavy atom. The maximum absolute atomic E-state index is 11.6. The summed E-state index contributed by atoms with van der Waals surface area (Å²) < 4.78 is 0. The molecule has 0 aromatic carbocycles. The van der Waals surface area contributed by atoms with Gasteiger partial charge in [0, 0.05) is 19.0 Å². The van der Waals surface area contributed by atoms with Gasteiger partial charge in [0.25, 0.3) is 0 Å². The maximum Gasteiger partial charge on any atom is 0.228 e. The summed E-state index contributed by atoms with van der Waals surface area (Å²) in [6, 6.07) is 3.81. The molecule has 0 radical (unpaired) electrons. The van der Waals surface area contributed by atoms with E-state index < -0.39 is 0 Å². The Kier molecular flexibility index (Phi) is 3.62. The molecule has 5 nitrogen and oxygen atoms in total. The number of nitrogens with zero attached hydrogens (tertiary/aromatic N) is 3. The molecule has 2 aliphatic rings. The van der Waals surface area contributed by atoms with Crippen LogP contribution < -0.4 is 10.2 Å². The predicted octanol–water partition coefficient (Wildman–Crippen LogP) is 2.21. The van der Waals surface area contributed by atoms with Crippen LogP contribution in [0.1, 0.15) is 38.5 Å². The molecule has 3 rings (SSSR count). The Morgan fingerprint density at radius 3 is 2.42 bits per heavy atom. The minimum absolute atomic E-state index is 0.0804. The lowest BCUT2D eigenvalue weighted by Gasteiger charge is -2.20. The molecule has 0 unspecified atom stereocenters. The van der Waals surface area contributed by atoms with Crippen LogP contribution in [0.25, 0.3) is 0 Å². The molecule has 0 spiro atoms. The molecule has 1 saturated heterocycles. The van der Waals surface area contributed by atoms with Crippen LogP contribution in [-0.4, -0.2) is 29.2 Å². The summed E-state index contributed by atoms with van der Waals surface area (Å²) in [5, 5.41) is 11.2. The molecule has 1 aliphatic carbocycles. The van der Waals surface area contributed by atoms with Crippen LogP contribution in [0.4, 0.5) is 11.6 Å². The van der Waals surface area contributed by atoms with Crippen molar-refractivity contribution in [2.75, 3.05) is 23.3 Å². The van der Waals surface area contributed by atoms with Crippen molar-refractivity contribution in [1.29, 1.82) is 0 Å². The van der Waals surface area contributed by atoms with Crippen molar-refractivity contribution in [2.24, 2.45) is 5.92 Å². The van der Waals surface area contributed by atoms with E-state index in [1.165, 1.54) is 25.7 Å². The van der Waals surface area contributed by atoms with Crippen molar-refractivity contribution in [3.63, 3.8) is 0 Å². The molecule has 1 N–H and O–H groups in total. The van der Waals surface area contributed by atoms with Crippen molar-refractivity contribution in [1.82, 2.24) is 10.2 Å². The standard InChI is InChI=1S/C14H20N4O/c19-14(11-5-6-11)15-12-7-8-13(17-16-12)18-9-3-1-2-4-10-18/h7-8,11H,1-6,9-10H2,(H,15,16,19). The molecule has 2 heterocycles. The molecular weight excluding hydrogens is 240 g/mol. The lowest BCUT2D eigenvalue weighted by molar-refractivity contribution is -0.117. The second kappa shape index (κ2) is 5.55. The topological polar surface area (TPSA) is 58.1 Å². The van der Waals surface area contributed by atoms with E-state index in [0.717, 1.165) is 31.7 Å². The average molecular weight is 260 g/mol. The number of anilines is 2. The Bertz CT molecular complexity index is 433. The molecule has 1 amide bonds. The van der Waals surface area contributed by atoms with Gasteiger partial charge in [-0.05, 0) is 37.8 Å². The minimum atomic E-state index is 0.0804. The number of hydrogen-bond donors (Lipinski definition) is 1. The molecule has 102 valence electrons. The second-order valence-corrected chi connectivity index (χ2v) is 5.44. The van der Waals surface area contributed by atoms with Gasteiger partial charge in [0.05, 0.1) is 0 Å². The Balaban J connectivity index is 1.62. The largest absolute Gasteiger partial charge is 0.355 e. The highest BCUT2D eigenvalue weighted by Crippen LogP contribution is 2.30. The fourth-order valence-electron chi connectivity index (χ4n) is 2.43. The Labute approximate surface area is 113 Å². The van der Waals surface area contributed by atoms with Crippen LogP contribution in [0.15, 0.2) is 12.1 Å². The fraction of sp³-hybridized carbons (Fsp3) is 0.643. The van der Waals surface area contributed by atoms with Gasteiger partial charge in [-0.2, -0.15) is 0 Å². The van der Waals surface area contributed by atoms with Crippen molar-refractivity contribution >= 4 is 17.5 Å². The van der Waals surface area contributed by atoms with Gasteiger partial charge in [0.2, 0.25) is 5.91 Å². The zero-order valence-corrected chi connectivity index (χ0v) is 11.1. The average Bonchev–Trinajstić information content (AvgIpc) is 3.27. The molecule has 0 bridgehead atoms. The van der Waals surface area contributed by atoms with Gasteiger partial charge in [0.1, 0.15) is 0 Å². The van der Waals surface area contributed by atoms with E-state index in [-0.39, 0.29) is 11.8 Å². The van der Waals surface area contributed by atoms with Gasteiger partial charge in [0.15, 0.2) is 11.6 Å². The number of nitrogens with one attached hydrogen (secondary N) is 1. The molecule has 5 heteroatoms. The molecule has 1 aromatic rings. The molecule has 0 atom stereocenters. The molecule has 1 aliphatic heterocycles. The van der Waals surface area contributed by atoms with E-state index >= 15 is 0 Å². The van der Waals surface area contributed by atoms with E-state index in [1.54, 1.807) is 0 Å². The SMILES string of the molecule is O=C(Nc1ccc(N2CCCCCC2)nn1)C1CC1. The van der Waals surface area contributed by atoms with Crippen molar-refractivity contribution in [2.45, 2.75) is 38.5 Å². The normalized spacial score (nSPS) is 19.9. The summed E-state index contributed by atoms with van der Waals surface area (Å²) in [6.07, 6.45) is 7.07. The molecule has 2 fully saturated rings. The first-order valence-electron chi connectivity index (χ1n) is 7.22. The molecular formula is C14H20N4O. The zero-order valence-electron chi connectivity index (χ0n) is 11.1. The summed E-state index contributed by atoms with van der Waals surface area (Å²) in [5.41, 5.74) is 0. The number of carbonyl (C=O) groups is 1. The van der Waals surface area contributed by atoms with Gasteiger partial charge < -0.3 is 10.2 Å². The van der Waals surface area contributed by atoms with Crippen LogP contribution in [0.5, 0.6) is 0 Å². The third kappa shape index (κ3) is 3.22. The van der Waals surface area contributed by atoms with Crippen molar-refractivity contribution < 1.29 is 4.79 Å². The Hall–Kier alpha value is -1.65.